The van der Waals surface area contributed by atoms with Crippen LogP contribution in [0.1, 0.15) is 28.4 Å². The van der Waals surface area contributed by atoms with Crippen LogP contribution >= 0.6 is 23.5 Å². The Hall–Kier alpha value is -4.92. The molecule has 2 atom stereocenters. The van der Waals surface area contributed by atoms with Crippen LogP contribution in [0.15, 0.2) is 119 Å². The van der Waals surface area contributed by atoms with Crippen molar-refractivity contribution in [3.8, 4) is 6.07 Å². The van der Waals surface area contributed by atoms with Gasteiger partial charge < -0.3 is 10.1 Å². The van der Waals surface area contributed by atoms with E-state index < -0.39 is 29.4 Å². The Bertz CT molecular complexity index is 1720. The van der Waals surface area contributed by atoms with E-state index in [1.54, 1.807) is 0 Å². The maximum Gasteiger partial charge on any atom is 0.356 e. The molecule has 2 aliphatic rings. The molecule has 1 N–H and O–H groups in total. The molecular formula is C33H25N5O4S2. The molecule has 0 bridgehead atoms. The fraction of sp³-hybridized carbons (Fsp3) is 0.152. The minimum Gasteiger partial charge on any atom is -0.448 e. The fourth-order valence-electron chi connectivity index (χ4n) is 5.01. The molecule has 0 radical (unpaired) electrons. The molecule has 0 aliphatic carbocycles. The number of thioether (sulfide) groups is 2. The topological polar surface area (TPSA) is 125 Å². The normalized spacial score (nSPS) is 17.4. The van der Waals surface area contributed by atoms with Gasteiger partial charge in [0, 0.05) is 16.9 Å². The van der Waals surface area contributed by atoms with Crippen LogP contribution in [0.2, 0.25) is 0 Å². The molecule has 0 saturated carbocycles. The molecule has 2 amide bonds. The molecule has 1 unspecified atom stereocenters. The second-order valence-electron chi connectivity index (χ2n) is 9.95. The molecule has 4 aromatic rings. The highest BCUT2D eigenvalue weighted by atomic mass is 32.2. The number of aromatic nitrogens is 2. The first-order chi connectivity index (χ1) is 21.5. The molecule has 44 heavy (non-hydrogen) atoms. The third-order valence-corrected chi connectivity index (χ3v) is 9.66. The van der Waals surface area contributed by atoms with E-state index in [2.05, 4.69) is 21.4 Å². The highest BCUT2D eigenvalue weighted by Gasteiger charge is 2.55. The minimum atomic E-state index is -0.793. The standard InChI is InChI=1S/C33H25N5O4S2/c34-17-24-18-35-20-36-30(24)44-25-19-43-32-27(37-26(39)16-21-10-4-1-5-11-21)31(40)38(32)28(25)33(41)42-29(22-12-6-2-7-13-22)23-14-8-3-9-15-23/h1-15,18,20,27,29,32H,16,19H2,(H,37,39)/t27?,32-/m1/s1. The fourth-order valence-corrected chi connectivity index (χ4v) is 7.46. The van der Waals surface area contributed by atoms with Crippen LogP contribution in [-0.2, 0) is 25.5 Å². The van der Waals surface area contributed by atoms with Crippen LogP contribution in [-0.4, -0.2) is 49.8 Å². The average molecular weight is 620 g/mol. The van der Waals surface area contributed by atoms with Crippen molar-refractivity contribution in [1.82, 2.24) is 20.2 Å². The summed E-state index contributed by atoms with van der Waals surface area (Å²) in [5, 5.41) is 12.3. The molecule has 1 aromatic heterocycles. The van der Waals surface area contributed by atoms with Crippen molar-refractivity contribution in [3.63, 3.8) is 0 Å². The molecule has 11 heteroatoms. The lowest BCUT2D eigenvalue weighted by Crippen LogP contribution is -2.70. The smallest absolute Gasteiger partial charge is 0.356 e. The zero-order valence-electron chi connectivity index (χ0n) is 23.2. The van der Waals surface area contributed by atoms with Crippen LogP contribution < -0.4 is 5.32 Å². The van der Waals surface area contributed by atoms with E-state index in [4.69, 9.17) is 4.74 Å². The maximum atomic E-state index is 14.1. The van der Waals surface area contributed by atoms with Gasteiger partial charge in [-0.1, -0.05) is 103 Å². The summed E-state index contributed by atoms with van der Waals surface area (Å²) in [5.41, 5.74) is 2.70. The first-order valence-electron chi connectivity index (χ1n) is 13.7. The van der Waals surface area contributed by atoms with Crippen molar-refractivity contribution in [1.29, 1.82) is 5.26 Å². The largest absolute Gasteiger partial charge is 0.448 e. The van der Waals surface area contributed by atoms with E-state index in [0.717, 1.165) is 28.5 Å². The highest BCUT2D eigenvalue weighted by molar-refractivity contribution is 8.06. The molecule has 3 heterocycles. The number of hydrogen-bond donors (Lipinski definition) is 1. The number of esters is 1. The molecule has 2 aliphatic heterocycles. The summed E-state index contributed by atoms with van der Waals surface area (Å²) in [6, 6.07) is 29.3. The number of carbonyl (C=O) groups is 3. The summed E-state index contributed by atoms with van der Waals surface area (Å²) in [5.74, 6) is -1.04. The van der Waals surface area contributed by atoms with Gasteiger partial charge in [-0.05, 0) is 16.7 Å². The third kappa shape index (κ3) is 6.08. The highest BCUT2D eigenvalue weighted by Crippen LogP contribution is 2.46. The molecule has 1 fully saturated rings. The van der Waals surface area contributed by atoms with Crippen molar-refractivity contribution in [2.45, 2.75) is 29.0 Å². The zero-order chi connectivity index (χ0) is 30.5. The molecule has 218 valence electrons. The lowest BCUT2D eigenvalue weighted by molar-refractivity contribution is -0.154. The molecule has 9 nitrogen and oxygen atoms in total. The van der Waals surface area contributed by atoms with Crippen molar-refractivity contribution in [2.75, 3.05) is 5.75 Å². The summed E-state index contributed by atoms with van der Waals surface area (Å²) in [7, 11) is 0. The molecule has 3 aromatic carbocycles. The Morgan fingerprint density at radius 3 is 2.30 bits per heavy atom. The Labute approximate surface area is 262 Å². The maximum absolute atomic E-state index is 14.1. The number of nitrogens with one attached hydrogen (secondary N) is 1. The number of β-lactam (4-membered cyclic amide) rings is 1. The second-order valence-corrected chi connectivity index (χ2v) is 12.1. The predicted molar refractivity (Wildman–Crippen MR) is 166 cm³/mol. The Balaban J connectivity index is 1.31. The van der Waals surface area contributed by atoms with Crippen LogP contribution in [0.25, 0.3) is 0 Å². The van der Waals surface area contributed by atoms with Crippen molar-refractivity contribution in [2.24, 2.45) is 0 Å². The summed E-state index contributed by atoms with van der Waals surface area (Å²) in [6.45, 7) is 0. The van der Waals surface area contributed by atoms with Gasteiger partial charge in [0.25, 0.3) is 5.91 Å². The van der Waals surface area contributed by atoms with Gasteiger partial charge in [-0.25, -0.2) is 14.8 Å². The average Bonchev–Trinajstić information content (AvgIpc) is 3.07. The van der Waals surface area contributed by atoms with E-state index in [0.29, 0.717) is 15.7 Å². The van der Waals surface area contributed by atoms with E-state index in [1.807, 2.05) is 91.0 Å². The van der Waals surface area contributed by atoms with Gasteiger partial charge in [-0.2, -0.15) is 5.26 Å². The van der Waals surface area contributed by atoms with E-state index in [9.17, 15) is 19.6 Å². The monoisotopic (exact) mass is 619 g/mol. The third-order valence-electron chi connectivity index (χ3n) is 7.10. The summed E-state index contributed by atoms with van der Waals surface area (Å²) < 4.78 is 6.18. The number of rotatable bonds is 9. The SMILES string of the molecule is N#Cc1cncnc1SC1=C(C(=O)OC(c2ccccc2)c2ccccc2)N2C(=O)C(NC(=O)Cc3ccccc3)[C@H]2SC1. The number of benzene rings is 3. The predicted octanol–water partition coefficient (Wildman–Crippen LogP) is 4.63. The van der Waals surface area contributed by atoms with Gasteiger partial charge in [0.2, 0.25) is 5.91 Å². The molecule has 0 spiro atoms. The number of hydrogen-bond acceptors (Lipinski definition) is 9. The van der Waals surface area contributed by atoms with E-state index in [1.165, 1.54) is 29.2 Å². The van der Waals surface area contributed by atoms with Crippen LogP contribution in [0.4, 0.5) is 0 Å². The van der Waals surface area contributed by atoms with Crippen LogP contribution in [0, 0.1) is 11.3 Å². The summed E-state index contributed by atoms with van der Waals surface area (Å²) in [6.07, 6.45) is 2.13. The molecular weight excluding hydrogens is 595 g/mol. The van der Waals surface area contributed by atoms with E-state index in [-0.39, 0.29) is 23.6 Å². The summed E-state index contributed by atoms with van der Waals surface area (Å²) in [4.78, 5) is 50.7. The first-order valence-corrected chi connectivity index (χ1v) is 15.6. The van der Waals surface area contributed by atoms with Crippen molar-refractivity contribution >= 4 is 41.3 Å². The van der Waals surface area contributed by atoms with Crippen LogP contribution in [0.3, 0.4) is 0 Å². The second kappa shape index (κ2) is 13.2. The number of carbonyl (C=O) groups excluding carboxylic acids is 3. The molecule has 6 rings (SSSR count). The Kier molecular flexibility index (Phi) is 8.72. The quantitative estimate of drug-likeness (QED) is 0.162. The van der Waals surface area contributed by atoms with Gasteiger partial charge in [-0.15, -0.1) is 11.8 Å². The number of fused-ring (bicyclic) bond motifs is 1. The number of amides is 2. The van der Waals surface area contributed by atoms with Crippen molar-refractivity contribution < 1.29 is 19.1 Å². The Morgan fingerprint density at radius 1 is 1.02 bits per heavy atom. The lowest BCUT2D eigenvalue weighted by Gasteiger charge is -2.49. The van der Waals surface area contributed by atoms with Gasteiger partial charge in [0.1, 0.15) is 40.1 Å². The lowest BCUT2D eigenvalue weighted by atomic mass is 10.0. The first kappa shape index (κ1) is 29.2. The van der Waals surface area contributed by atoms with Gasteiger partial charge >= 0.3 is 5.97 Å². The van der Waals surface area contributed by atoms with Gasteiger partial charge in [0.15, 0.2) is 6.10 Å². The number of nitrogens with zero attached hydrogens (tertiary/aromatic N) is 4. The van der Waals surface area contributed by atoms with E-state index >= 15 is 0 Å². The zero-order valence-corrected chi connectivity index (χ0v) is 24.8. The summed E-state index contributed by atoms with van der Waals surface area (Å²) >= 11 is 2.56. The minimum absolute atomic E-state index is 0.0803. The van der Waals surface area contributed by atoms with Gasteiger partial charge in [0.05, 0.1) is 6.42 Å². The van der Waals surface area contributed by atoms with Crippen molar-refractivity contribution in [3.05, 3.63) is 136 Å². The molecule has 1 saturated heterocycles. The van der Waals surface area contributed by atoms with Gasteiger partial charge in [-0.3, -0.25) is 14.5 Å². The van der Waals surface area contributed by atoms with Crippen LogP contribution in [0.5, 0.6) is 0 Å². The number of nitriles is 1. The Morgan fingerprint density at radius 2 is 1.66 bits per heavy atom. The number of ether oxygens (including phenoxy) is 1.